The predicted molar refractivity (Wildman–Crippen MR) is 114 cm³/mol. The van der Waals surface area contributed by atoms with Crippen molar-refractivity contribution in [3.05, 3.63) is 65.5 Å². The largest absolute Gasteiger partial charge is 0.497 e. The van der Waals surface area contributed by atoms with E-state index in [-0.39, 0.29) is 17.1 Å². The number of hydrogen-bond donors (Lipinski definition) is 0. The summed E-state index contributed by atoms with van der Waals surface area (Å²) in [5.74, 6) is 1.13. The summed E-state index contributed by atoms with van der Waals surface area (Å²) < 4.78 is 30.7. The van der Waals surface area contributed by atoms with E-state index in [0.717, 1.165) is 49.0 Å². The lowest BCUT2D eigenvalue weighted by molar-refractivity contribution is -0.141. The summed E-state index contributed by atoms with van der Waals surface area (Å²) in [6.07, 6.45) is 5.39. The van der Waals surface area contributed by atoms with Gasteiger partial charge in [-0.15, -0.1) is 0 Å². The van der Waals surface area contributed by atoms with E-state index in [4.69, 9.17) is 4.74 Å². The Morgan fingerprint density at radius 2 is 1.66 bits per heavy atom. The molecule has 1 saturated heterocycles. The van der Waals surface area contributed by atoms with Crippen LogP contribution >= 0.6 is 0 Å². The van der Waals surface area contributed by atoms with Crippen LogP contribution in [0.5, 0.6) is 5.75 Å². The van der Waals surface area contributed by atoms with E-state index >= 15 is 0 Å². The number of halogens is 1. The molecule has 29 heavy (non-hydrogen) atoms. The van der Waals surface area contributed by atoms with Crippen LogP contribution < -0.4 is 4.74 Å². The lowest BCUT2D eigenvalue weighted by atomic mass is 10.1. The molecule has 2 unspecified atom stereocenters. The molecule has 0 N–H and O–H groups in total. The van der Waals surface area contributed by atoms with E-state index in [0.29, 0.717) is 18.7 Å². The number of aryl methyl sites for hydroxylation is 1. The summed E-state index contributed by atoms with van der Waals surface area (Å²) in [4.78, 5) is 13.7. The molecule has 156 valence electrons. The molecule has 0 spiro atoms. The van der Waals surface area contributed by atoms with Gasteiger partial charge >= 0.3 is 0 Å². The van der Waals surface area contributed by atoms with Crippen molar-refractivity contribution in [2.24, 2.45) is 0 Å². The van der Waals surface area contributed by atoms with E-state index in [9.17, 15) is 13.4 Å². The van der Waals surface area contributed by atoms with Crippen molar-refractivity contribution in [1.82, 2.24) is 4.90 Å². The normalized spacial score (nSPS) is 17.1. The van der Waals surface area contributed by atoms with Crippen molar-refractivity contribution in [3.8, 4) is 5.75 Å². The smallest absolute Gasteiger partial charge is 0.226 e. The summed E-state index contributed by atoms with van der Waals surface area (Å²) in [6, 6.07) is 14.2. The fraction of sp³-hybridized carbons (Fsp3) is 0.435. The summed E-state index contributed by atoms with van der Waals surface area (Å²) in [5.41, 5.74) is 2.14. The van der Waals surface area contributed by atoms with Crippen LogP contribution in [0.15, 0.2) is 48.5 Å². The first-order chi connectivity index (χ1) is 14.1. The third-order valence-electron chi connectivity index (χ3n) is 5.32. The van der Waals surface area contributed by atoms with Gasteiger partial charge in [0.05, 0.1) is 19.3 Å². The lowest BCUT2D eigenvalue weighted by Gasteiger charge is -2.39. The molecule has 3 rings (SSSR count). The number of benzene rings is 2. The standard InChI is InChI=1S/C23H28FNO3S/c1-28-21-13-9-19(10-14-21)17-29(27)23-16-22(26)25(23)15-5-3-2-4-6-18-7-11-20(24)12-8-18/h7-14,23H,2-6,15-17H2,1H3. The molecule has 0 aromatic heterocycles. The van der Waals surface area contributed by atoms with Crippen LogP contribution in [-0.2, 0) is 27.8 Å². The topological polar surface area (TPSA) is 46.6 Å². The number of β-lactam (4-membered cyclic amide) rings is 1. The number of carbonyl (C=O) groups excluding carboxylic acids is 1. The zero-order valence-corrected chi connectivity index (χ0v) is 17.6. The minimum Gasteiger partial charge on any atom is -0.497 e. The number of hydrogen-bond acceptors (Lipinski definition) is 3. The third-order valence-corrected chi connectivity index (χ3v) is 6.96. The maximum atomic E-state index is 12.9. The molecule has 1 aliphatic rings. The van der Waals surface area contributed by atoms with Gasteiger partial charge in [0.15, 0.2) is 0 Å². The molecule has 0 aliphatic carbocycles. The number of ether oxygens (including phenoxy) is 1. The molecule has 6 heteroatoms. The second kappa shape index (κ2) is 10.5. The van der Waals surface area contributed by atoms with Crippen molar-refractivity contribution in [2.75, 3.05) is 13.7 Å². The minimum absolute atomic E-state index is 0.101. The molecule has 2 atom stereocenters. The van der Waals surface area contributed by atoms with Gasteiger partial charge in [0, 0.05) is 17.3 Å². The van der Waals surface area contributed by atoms with Gasteiger partial charge in [-0.1, -0.05) is 37.1 Å². The second-order valence-electron chi connectivity index (χ2n) is 7.41. The number of likely N-dealkylation sites (tertiary alicyclic amines) is 1. The molecule has 1 amide bonds. The Morgan fingerprint density at radius 3 is 2.31 bits per heavy atom. The molecule has 0 radical (unpaired) electrons. The molecule has 2 aromatic carbocycles. The Labute approximate surface area is 174 Å². The van der Waals surface area contributed by atoms with Crippen LogP contribution in [-0.4, -0.2) is 34.0 Å². The fourth-order valence-electron chi connectivity index (χ4n) is 3.53. The maximum Gasteiger partial charge on any atom is 0.226 e. The molecule has 1 heterocycles. The van der Waals surface area contributed by atoms with Gasteiger partial charge in [-0.2, -0.15) is 0 Å². The van der Waals surface area contributed by atoms with Gasteiger partial charge in [0.2, 0.25) is 5.91 Å². The molecule has 0 saturated carbocycles. The summed E-state index contributed by atoms with van der Waals surface area (Å²) in [6.45, 7) is 0.675. The average molecular weight is 418 g/mol. The summed E-state index contributed by atoms with van der Waals surface area (Å²) in [7, 11) is 0.528. The van der Waals surface area contributed by atoms with Crippen molar-refractivity contribution in [2.45, 2.75) is 49.7 Å². The van der Waals surface area contributed by atoms with Crippen LogP contribution in [0.4, 0.5) is 4.39 Å². The molecule has 4 nitrogen and oxygen atoms in total. The minimum atomic E-state index is -1.09. The van der Waals surface area contributed by atoms with Gasteiger partial charge in [-0.3, -0.25) is 9.00 Å². The number of rotatable bonds is 11. The first-order valence-corrected chi connectivity index (χ1v) is 11.5. The van der Waals surface area contributed by atoms with Crippen LogP contribution in [0.3, 0.4) is 0 Å². The zero-order chi connectivity index (χ0) is 20.6. The molecule has 1 fully saturated rings. The highest BCUT2D eigenvalue weighted by molar-refractivity contribution is 7.84. The van der Waals surface area contributed by atoms with E-state index in [1.54, 1.807) is 12.0 Å². The SMILES string of the molecule is COc1ccc(CS(=O)C2CC(=O)N2CCCCCCc2ccc(F)cc2)cc1. The van der Waals surface area contributed by atoms with Crippen molar-refractivity contribution in [3.63, 3.8) is 0 Å². The van der Waals surface area contributed by atoms with E-state index in [1.165, 1.54) is 12.1 Å². The van der Waals surface area contributed by atoms with Gasteiger partial charge in [0.25, 0.3) is 0 Å². The van der Waals surface area contributed by atoms with Gasteiger partial charge in [-0.05, 0) is 54.7 Å². The van der Waals surface area contributed by atoms with Crippen LogP contribution in [0.25, 0.3) is 0 Å². The monoisotopic (exact) mass is 417 g/mol. The quantitative estimate of drug-likeness (QED) is 0.401. The highest BCUT2D eigenvalue weighted by atomic mass is 32.2. The van der Waals surface area contributed by atoms with Crippen molar-refractivity contribution < 1.29 is 18.1 Å². The highest BCUT2D eigenvalue weighted by Crippen LogP contribution is 2.25. The Balaban J connectivity index is 1.35. The number of carbonyl (C=O) groups is 1. The third kappa shape index (κ3) is 6.13. The van der Waals surface area contributed by atoms with Gasteiger partial charge in [-0.25, -0.2) is 4.39 Å². The van der Waals surface area contributed by atoms with E-state index in [2.05, 4.69) is 0 Å². The van der Waals surface area contributed by atoms with Crippen LogP contribution in [0, 0.1) is 5.82 Å². The second-order valence-corrected chi connectivity index (χ2v) is 9.00. The molecule has 1 aliphatic heterocycles. The zero-order valence-electron chi connectivity index (χ0n) is 16.8. The highest BCUT2D eigenvalue weighted by Gasteiger charge is 2.39. The molecular formula is C23H28FNO3S. The summed E-state index contributed by atoms with van der Waals surface area (Å²) in [5, 5.41) is -0.163. The Hall–Kier alpha value is -2.21. The Morgan fingerprint density at radius 1 is 1.00 bits per heavy atom. The number of methoxy groups -OCH3 is 1. The van der Waals surface area contributed by atoms with Crippen molar-refractivity contribution in [1.29, 1.82) is 0 Å². The summed E-state index contributed by atoms with van der Waals surface area (Å²) >= 11 is 0. The van der Waals surface area contributed by atoms with Crippen molar-refractivity contribution >= 4 is 16.7 Å². The van der Waals surface area contributed by atoms with E-state index in [1.807, 2.05) is 36.4 Å². The molecule has 2 aromatic rings. The predicted octanol–water partition coefficient (Wildman–Crippen LogP) is 4.44. The molecule has 0 bridgehead atoms. The first-order valence-electron chi connectivity index (χ1n) is 10.1. The number of unbranched alkanes of at least 4 members (excludes halogenated alkanes) is 3. The number of amides is 1. The molecular weight excluding hydrogens is 389 g/mol. The Bertz CT molecular complexity index is 823. The van der Waals surface area contributed by atoms with Gasteiger partial charge in [0.1, 0.15) is 16.9 Å². The first kappa shape index (κ1) is 21.5. The number of nitrogens with zero attached hydrogens (tertiary/aromatic N) is 1. The van der Waals surface area contributed by atoms with E-state index < -0.39 is 10.8 Å². The maximum absolute atomic E-state index is 12.9. The fourth-order valence-corrected chi connectivity index (χ4v) is 5.08. The van der Waals surface area contributed by atoms with Gasteiger partial charge < -0.3 is 9.64 Å². The Kier molecular flexibility index (Phi) is 7.81. The van der Waals surface area contributed by atoms with Crippen LogP contribution in [0.1, 0.15) is 43.2 Å². The van der Waals surface area contributed by atoms with Crippen LogP contribution in [0.2, 0.25) is 0 Å². The lowest BCUT2D eigenvalue weighted by Crippen LogP contribution is -2.55. The average Bonchev–Trinajstić information content (AvgIpc) is 2.73.